The number of nitrogens with zero attached hydrogens (tertiary/aromatic N) is 3. The van der Waals surface area contributed by atoms with E-state index in [0.29, 0.717) is 33.9 Å². The Kier molecular flexibility index (Phi) is 4.81. The molecule has 1 aliphatic carbocycles. The summed E-state index contributed by atoms with van der Waals surface area (Å²) in [6.45, 7) is 2.13. The molecule has 0 saturated heterocycles. The number of amides is 1. The Morgan fingerprint density at radius 2 is 2.26 bits per heavy atom. The molecular formula is C21H19F2N5O2S. The van der Waals surface area contributed by atoms with Gasteiger partial charge in [0.2, 0.25) is 5.91 Å². The quantitative estimate of drug-likeness (QED) is 0.431. The molecule has 10 heteroatoms. The fourth-order valence-electron chi connectivity index (χ4n) is 3.72. The van der Waals surface area contributed by atoms with Crippen LogP contribution in [0.4, 0.5) is 14.6 Å². The Morgan fingerprint density at radius 1 is 1.45 bits per heavy atom. The molecule has 2 N–H and O–H groups in total. The molecule has 2 atom stereocenters. The van der Waals surface area contributed by atoms with Crippen LogP contribution in [-0.2, 0) is 4.79 Å². The molecule has 3 aromatic heterocycles. The maximum Gasteiger partial charge on any atom is 0.231 e. The van der Waals surface area contributed by atoms with Gasteiger partial charge < -0.3 is 10.1 Å². The van der Waals surface area contributed by atoms with Gasteiger partial charge in [-0.2, -0.15) is 10.2 Å². The van der Waals surface area contributed by atoms with Crippen molar-refractivity contribution in [2.45, 2.75) is 24.4 Å². The zero-order valence-electron chi connectivity index (χ0n) is 16.8. The maximum atomic E-state index is 15.3. The summed E-state index contributed by atoms with van der Waals surface area (Å²) >= 11 is 1.29. The number of hydrogen-bond donors (Lipinski definition) is 2. The van der Waals surface area contributed by atoms with Crippen LogP contribution in [0.2, 0.25) is 0 Å². The summed E-state index contributed by atoms with van der Waals surface area (Å²) in [5.41, 5.74) is 2.68. The molecule has 0 unspecified atom stereocenters. The third-order valence-electron chi connectivity index (χ3n) is 5.31. The van der Waals surface area contributed by atoms with Crippen molar-refractivity contribution in [1.82, 2.24) is 19.8 Å². The molecule has 160 valence electrons. The van der Waals surface area contributed by atoms with Crippen LogP contribution in [-0.4, -0.2) is 44.8 Å². The normalized spacial score (nSPS) is 17.9. The number of hydrogen-bond acceptors (Lipinski definition) is 5. The molecule has 0 radical (unpaired) electrons. The number of rotatable bonds is 6. The maximum absolute atomic E-state index is 15.3. The second kappa shape index (κ2) is 7.52. The molecule has 1 fully saturated rings. The second-order valence-electron chi connectivity index (χ2n) is 7.30. The van der Waals surface area contributed by atoms with Gasteiger partial charge >= 0.3 is 0 Å². The Bertz CT molecular complexity index is 1320. The molecule has 1 aliphatic rings. The van der Waals surface area contributed by atoms with E-state index in [0.717, 1.165) is 10.9 Å². The molecule has 31 heavy (non-hydrogen) atoms. The van der Waals surface area contributed by atoms with E-state index < -0.39 is 17.9 Å². The van der Waals surface area contributed by atoms with Crippen molar-refractivity contribution >= 4 is 39.9 Å². The van der Waals surface area contributed by atoms with Crippen molar-refractivity contribution in [2.75, 3.05) is 18.2 Å². The lowest BCUT2D eigenvalue weighted by molar-refractivity contribution is -0.117. The van der Waals surface area contributed by atoms with Crippen molar-refractivity contribution in [3.05, 3.63) is 36.4 Å². The number of aromatic nitrogens is 4. The lowest BCUT2D eigenvalue weighted by Crippen LogP contribution is -2.15. The van der Waals surface area contributed by atoms with Crippen molar-refractivity contribution in [3.8, 4) is 16.9 Å². The molecule has 1 amide bonds. The average molecular weight is 443 g/mol. The Balaban J connectivity index is 1.60. The Morgan fingerprint density at radius 3 is 2.97 bits per heavy atom. The van der Waals surface area contributed by atoms with E-state index in [4.69, 9.17) is 4.74 Å². The van der Waals surface area contributed by atoms with Crippen molar-refractivity contribution in [3.63, 3.8) is 0 Å². The van der Waals surface area contributed by atoms with Crippen molar-refractivity contribution in [2.24, 2.45) is 5.92 Å². The lowest BCUT2D eigenvalue weighted by atomic mass is 10.0. The molecule has 1 aromatic carbocycles. The molecule has 1 saturated carbocycles. The van der Waals surface area contributed by atoms with Crippen LogP contribution < -0.4 is 10.1 Å². The van der Waals surface area contributed by atoms with Crippen LogP contribution >= 0.6 is 11.8 Å². The van der Waals surface area contributed by atoms with Gasteiger partial charge in [0, 0.05) is 23.2 Å². The largest absolute Gasteiger partial charge is 0.489 e. The van der Waals surface area contributed by atoms with E-state index in [1.807, 2.05) is 18.4 Å². The Hall–Kier alpha value is -3.14. The molecule has 0 spiro atoms. The topological polar surface area (TPSA) is 84.3 Å². The summed E-state index contributed by atoms with van der Waals surface area (Å²) in [5.74, 6) is -0.893. The molecule has 7 nitrogen and oxygen atoms in total. The number of thioether (sulfide) groups is 1. The van der Waals surface area contributed by atoms with Gasteiger partial charge in [-0.25, -0.2) is 13.3 Å². The van der Waals surface area contributed by atoms with Gasteiger partial charge in [0.25, 0.3) is 0 Å². The number of halogens is 2. The SMILES string of the molecule is CCOc1c(F)c(SC)c(-c2ccn3nc(NC(=O)[C@@H]4C[C@@H]4F)cc3c2)c2cn[nH]c12. The minimum atomic E-state index is -1.07. The number of pyridine rings is 1. The van der Waals surface area contributed by atoms with Gasteiger partial charge in [-0.15, -0.1) is 11.8 Å². The lowest BCUT2D eigenvalue weighted by Gasteiger charge is -2.15. The predicted octanol–water partition coefficient (Wildman–Crippen LogP) is 4.43. The van der Waals surface area contributed by atoms with Crippen LogP contribution in [0.1, 0.15) is 13.3 Å². The minimum absolute atomic E-state index is 0.157. The van der Waals surface area contributed by atoms with Gasteiger partial charge in [-0.05, 0) is 37.3 Å². The number of carbonyl (C=O) groups excluding carboxylic acids is 1. The van der Waals surface area contributed by atoms with E-state index in [2.05, 4.69) is 20.6 Å². The standard InChI is InChI=1S/C21H19F2N5O2S/c1-3-30-19-17(23)20(31-2)16(13-9-24-26-18(13)19)10-4-5-28-11(6-10)7-15(27-28)25-21(29)12-8-14(12)22/h4-7,9,12,14H,3,8H2,1-2H3,(H,24,26)(H,25,27,29)/t12-,14+/m1/s1. The van der Waals surface area contributed by atoms with Crippen LogP contribution in [0.3, 0.4) is 0 Å². The van der Waals surface area contributed by atoms with Gasteiger partial charge in [0.1, 0.15) is 11.7 Å². The third-order valence-corrected chi connectivity index (χ3v) is 6.10. The molecule has 5 rings (SSSR count). The zero-order chi connectivity index (χ0) is 21.7. The molecule has 0 bridgehead atoms. The van der Waals surface area contributed by atoms with Crippen LogP contribution in [0, 0.1) is 11.7 Å². The summed E-state index contributed by atoms with van der Waals surface area (Å²) in [5, 5.41) is 14.7. The number of ether oxygens (including phenoxy) is 1. The number of H-pyrrole nitrogens is 1. The first-order chi connectivity index (χ1) is 15.0. The zero-order valence-corrected chi connectivity index (χ0v) is 17.6. The summed E-state index contributed by atoms with van der Waals surface area (Å²) in [7, 11) is 0. The van der Waals surface area contributed by atoms with Gasteiger partial charge in [0.15, 0.2) is 17.4 Å². The number of fused-ring (bicyclic) bond motifs is 2. The van der Waals surface area contributed by atoms with E-state index >= 15 is 4.39 Å². The van der Waals surface area contributed by atoms with E-state index in [9.17, 15) is 9.18 Å². The summed E-state index contributed by atoms with van der Waals surface area (Å²) in [6, 6.07) is 5.39. The third kappa shape index (κ3) is 3.31. The molecular weight excluding hydrogens is 424 g/mol. The smallest absolute Gasteiger partial charge is 0.231 e. The Labute approximate surface area is 180 Å². The molecule has 4 aromatic rings. The fourth-order valence-corrected chi connectivity index (χ4v) is 4.42. The number of benzene rings is 1. The van der Waals surface area contributed by atoms with Crippen molar-refractivity contribution in [1.29, 1.82) is 0 Å². The average Bonchev–Trinajstić information content (AvgIpc) is 3.13. The highest BCUT2D eigenvalue weighted by molar-refractivity contribution is 7.98. The second-order valence-corrected chi connectivity index (χ2v) is 8.12. The number of anilines is 1. The van der Waals surface area contributed by atoms with Crippen LogP contribution in [0.5, 0.6) is 5.75 Å². The number of carbonyl (C=O) groups is 1. The van der Waals surface area contributed by atoms with Crippen molar-refractivity contribution < 1.29 is 18.3 Å². The first-order valence-corrected chi connectivity index (χ1v) is 11.0. The first-order valence-electron chi connectivity index (χ1n) is 9.81. The summed E-state index contributed by atoms with van der Waals surface area (Å²) < 4.78 is 35.6. The number of alkyl halides is 1. The minimum Gasteiger partial charge on any atom is -0.489 e. The molecule has 3 heterocycles. The summed E-state index contributed by atoms with van der Waals surface area (Å²) in [4.78, 5) is 12.5. The van der Waals surface area contributed by atoms with Crippen LogP contribution in [0.25, 0.3) is 27.5 Å². The highest BCUT2D eigenvalue weighted by Crippen LogP contribution is 2.44. The highest BCUT2D eigenvalue weighted by Gasteiger charge is 2.43. The van der Waals surface area contributed by atoms with Gasteiger partial charge in [-0.1, -0.05) is 0 Å². The number of aromatic amines is 1. The van der Waals surface area contributed by atoms with Crippen LogP contribution in [0.15, 0.2) is 35.5 Å². The number of nitrogens with one attached hydrogen (secondary N) is 2. The summed E-state index contributed by atoms with van der Waals surface area (Å²) in [6.07, 6.45) is 4.39. The molecule has 0 aliphatic heterocycles. The van der Waals surface area contributed by atoms with E-state index in [1.54, 1.807) is 29.9 Å². The monoisotopic (exact) mass is 443 g/mol. The van der Waals surface area contributed by atoms with Gasteiger partial charge in [-0.3, -0.25) is 9.89 Å². The van der Waals surface area contributed by atoms with E-state index in [-0.39, 0.29) is 18.1 Å². The highest BCUT2D eigenvalue weighted by atomic mass is 32.2. The van der Waals surface area contributed by atoms with E-state index in [1.165, 1.54) is 11.8 Å². The van der Waals surface area contributed by atoms with Gasteiger partial charge in [0.05, 0.1) is 29.1 Å². The fraction of sp³-hybridized carbons (Fsp3) is 0.286. The first kappa shape index (κ1) is 19.8. The predicted molar refractivity (Wildman–Crippen MR) is 115 cm³/mol.